The molecule has 2 aliphatic heterocycles. The zero-order valence-corrected chi connectivity index (χ0v) is 16.0. The highest BCUT2D eigenvalue weighted by Crippen LogP contribution is 2.47. The summed E-state index contributed by atoms with van der Waals surface area (Å²) in [6, 6.07) is 10.9. The van der Waals surface area contributed by atoms with Gasteiger partial charge in [0.15, 0.2) is 0 Å². The van der Waals surface area contributed by atoms with Gasteiger partial charge in [-0.1, -0.05) is 30.7 Å². The van der Waals surface area contributed by atoms with Gasteiger partial charge < -0.3 is 4.90 Å². The highest BCUT2D eigenvalue weighted by Gasteiger charge is 2.50. The van der Waals surface area contributed by atoms with E-state index in [0.717, 1.165) is 39.0 Å². The minimum absolute atomic E-state index is 0.232. The van der Waals surface area contributed by atoms with E-state index in [4.69, 9.17) is 0 Å². The molecular weight excluding hydrogens is 336 g/mol. The Balaban J connectivity index is 1.41. The highest BCUT2D eigenvalue weighted by atomic mass is 16.2. The standard InChI is InChI=1S/C22H28N4O/c1-15-5-2-3-8-19(15)21-20-14-25(13-18-9-10-23-24-18)11-17(20)12-26(21)22(27)16-6-4-7-16/h2-3,5,8-10,16-17,20-21H,4,6-7,11-14H2,1H3,(H,23,24)/t17-,20-,21+/m0/s1. The maximum atomic E-state index is 13.2. The van der Waals surface area contributed by atoms with Crippen molar-refractivity contribution in [3.63, 3.8) is 0 Å². The van der Waals surface area contributed by atoms with Gasteiger partial charge in [-0.3, -0.25) is 14.8 Å². The smallest absolute Gasteiger partial charge is 0.226 e. The number of H-pyrrole nitrogens is 1. The van der Waals surface area contributed by atoms with Crippen molar-refractivity contribution < 1.29 is 4.79 Å². The number of aromatic nitrogens is 2. The third-order valence-corrected chi connectivity index (χ3v) is 6.94. The average Bonchev–Trinajstić information content (AvgIpc) is 3.30. The van der Waals surface area contributed by atoms with Crippen LogP contribution in [0.3, 0.4) is 0 Å². The molecule has 1 aromatic heterocycles. The van der Waals surface area contributed by atoms with Crippen LogP contribution >= 0.6 is 0 Å². The fourth-order valence-corrected chi connectivity index (χ4v) is 5.31. The maximum absolute atomic E-state index is 13.2. The third-order valence-electron chi connectivity index (χ3n) is 6.94. The molecule has 1 N–H and O–H groups in total. The van der Waals surface area contributed by atoms with Crippen LogP contribution in [-0.2, 0) is 11.3 Å². The second-order valence-electron chi connectivity index (χ2n) is 8.62. The Morgan fingerprint density at radius 3 is 2.74 bits per heavy atom. The molecule has 3 atom stereocenters. The first-order valence-corrected chi connectivity index (χ1v) is 10.3. The van der Waals surface area contributed by atoms with Gasteiger partial charge in [-0.2, -0.15) is 5.10 Å². The van der Waals surface area contributed by atoms with E-state index in [2.05, 4.69) is 57.3 Å². The zero-order valence-electron chi connectivity index (χ0n) is 16.0. The first-order valence-electron chi connectivity index (χ1n) is 10.3. The molecule has 5 rings (SSSR count). The zero-order chi connectivity index (χ0) is 18.4. The van der Waals surface area contributed by atoms with Gasteiger partial charge in [0.05, 0.1) is 6.04 Å². The third kappa shape index (κ3) is 2.98. The minimum Gasteiger partial charge on any atom is -0.335 e. The van der Waals surface area contributed by atoms with Gasteiger partial charge in [0, 0.05) is 49.9 Å². The first kappa shape index (κ1) is 17.0. The number of hydrogen-bond donors (Lipinski definition) is 1. The summed E-state index contributed by atoms with van der Waals surface area (Å²) >= 11 is 0. The normalized spacial score (nSPS) is 28.3. The van der Waals surface area contributed by atoms with Crippen molar-refractivity contribution in [2.45, 2.75) is 38.8 Å². The molecule has 142 valence electrons. The molecule has 2 aromatic rings. The van der Waals surface area contributed by atoms with Crippen molar-refractivity contribution in [1.29, 1.82) is 0 Å². The molecule has 1 saturated carbocycles. The second-order valence-corrected chi connectivity index (χ2v) is 8.62. The molecule has 1 aliphatic carbocycles. The summed E-state index contributed by atoms with van der Waals surface area (Å²) < 4.78 is 0. The van der Waals surface area contributed by atoms with Crippen LogP contribution in [0.25, 0.3) is 0 Å². The number of amides is 1. The van der Waals surface area contributed by atoms with Gasteiger partial charge in [0.25, 0.3) is 0 Å². The number of nitrogens with one attached hydrogen (secondary N) is 1. The van der Waals surface area contributed by atoms with Crippen LogP contribution in [-0.4, -0.2) is 45.5 Å². The quantitative estimate of drug-likeness (QED) is 0.907. The van der Waals surface area contributed by atoms with E-state index in [1.807, 2.05) is 6.20 Å². The molecule has 27 heavy (non-hydrogen) atoms. The molecule has 3 aliphatic rings. The molecule has 0 unspecified atom stereocenters. The Morgan fingerprint density at radius 2 is 2.04 bits per heavy atom. The predicted molar refractivity (Wildman–Crippen MR) is 104 cm³/mol. The van der Waals surface area contributed by atoms with E-state index in [1.54, 1.807) is 0 Å². The molecule has 1 aromatic carbocycles. The number of nitrogens with zero attached hydrogens (tertiary/aromatic N) is 3. The van der Waals surface area contributed by atoms with Crippen LogP contribution in [0.15, 0.2) is 36.5 Å². The maximum Gasteiger partial charge on any atom is 0.226 e. The van der Waals surface area contributed by atoms with E-state index >= 15 is 0 Å². The lowest BCUT2D eigenvalue weighted by Crippen LogP contribution is -2.41. The number of fused-ring (bicyclic) bond motifs is 1. The van der Waals surface area contributed by atoms with Crippen LogP contribution in [0.5, 0.6) is 0 Å². The van der Waals surface area contributed by atoms with Crippen LogP contribution in [0, 0.1) is 24.7 Å². The molecular formula is C22H28N4O. The van der Waals surface area contributed by atoms with Gasteiger partial charge in [0.2, 0.25) is 5.91 Å². The average molecular weight is 364 g/mol. The lowest BCUT2D eigenvalue weighted by Gasteiger charge is -2.35. The van der Waals surface area contributed by atoms with Crippen molar-refractivity contribution in [2.24, 2.45) is 17.8 Å². The molecule has 3 fully saturated rings. The van der Waals surface area contributed by atoms with Crippen molar-refractivity contribution >= 4 is 5.91 Å². The Morgan fingerprint density at radius 1 is 1.19 bits per heavy atom. The summed E-state index contributed by atoms with van der Waals surface area (Å²) in [6.45, 7) is 6.15. The molecule has 5 heteroatoms. The van der Waals surface area contributed by atoms with Gasteiger partial charge in [0.1, 0.15) is 0 Å². The summed E-state index contributed by atoms with van der Waals surface area (Å²) in [4.78, 5) is 18.0. The minimum atomic E-state index is 0.232. The van der Waals surface area contributed by atoms with Gasteiger partial charge in [-0.15, -0.1) is 0 Å². The van der Waals surface area contributed by atoms with Gasteiger partial charge >= 0.3 is 0 Å². The van der Waals surface area contributed by atoms with Crippen LogP contribution < -0.4 is 0 Å². The second kappa shape index (κ2) is 6.79. The van der Waals surface area contributed by atoms with Crippen molar-refractivity contribution in [1.82, 2.24) is 20.0 Å². The number of carbonyl (C=O) groups excluding carboxylic acids is 1. The number of carbonyl (C=O) groups is 1. The van der Waals surface area contributed by atoms with Crippen LogP contribution in [0.1, 0.15) is 42.1 Å². The van der Waals surface area contributed by atoms with Gasteiger partial charge in [-0.25, -0.2) is 0 Å². The lowest BCUT2D eigenvalue weighted by atomic mass is 9.83. The number of aryl methyl sites for hydroxylation is 1. The predicted octanol–water partition coefficient (Wildman–Crippen LogP) is 3.15. The van der Waals surface area contributed by atoms with Crippen molar-refractivity contribution in [2.75, 3.05) is 19.6 Å². The van der Waals surface area contributed by atoms with E-state index in [1.165, 1.54) is 23.2 Å². The van der Waals surface area contributed by atoms with Crippen molar-refractivity contribution in [3.8, 4) is 0 Å². The summed E-state index contributed by atoms with van der Waals surface area (Å²) in [7, 11) is 0. The van der Waals surface area contributed by atoms with E-state index in [-0.39, 0.29) is 12.0 Å². The number of rotatable bonds is 4. The largest absolute Gasteiger partial charge is 0.335 e. The fraction of sp³-hybridized carbons (Fsp3) is 0.545. The van der Waals surface area contributed by atoms with Gasteiger partial charge in [-0.05, 0) is 42.9 Å². The Hall–Kier alpha value is -2.14. The Bertz CT molecular complexity index is 813. The molecule has 0 radical (unpaired) electrons. The molecule has 0 bridgehead atoms. The first-order chi connectivity index (χ1) is 13.2. The van der Waals surface area contributed by atoms with Crippen LogP contribution in [0.4, 0.5) is 0 Å². The number of hydrogen-bond acceptors (Lipinski definition) is 3. The van der Waals surface area contributed by atoms with E-state index < -0.39 is 0 Å². The fourth-order valence-electron chi connectivity index (χ4n) is 5.31. The summed E-state index contributed by atoms with van der Waals surface area (Å²) in [5.74, 6) is 1.78. The topological polar surface area (TPSA) is 52.2 Å². The van der Waals surface area contributed by atoms with E-state index in [9.17, 15) is 4.79 Å². The number of benzene rings is 1. The molecule has 5 nitrogen and oxygen atoms in total. The number of likely N-dealkylation sites (tertiary alicyclic amines) is 2. The molecule has 1 amide bonds. The lowest BCUT2D eigenvalue weighted by molar-refractivity contribution is -0.139. The Labute approximate surface area is 160 Å². The molecule has 3 heterocycles. The van der Waals surface area contributed by atoms with E-state index in [0.29, 0.717) is 17.7 Å². The monoisotopic (exact) mass is 364 g/mol. The highest BCUT2D eigenvalue weighted by molar-refractivity contribution is 5.80. The number of aromatic amines is 1. The SMILES string of the molecule is Cc1ccccc1[C@@H]1[C@H]2CN(Cc3ccn[nH]3)C[C@H]2CN1C(=O)C1CCC1. The molecule has 0 spiro atoms. The van der Waals surface area contributed by atoms with Crippen molar-refractivity contribution in [3.05, 3.63) is 53.3 Å². The summed E-state index contributed by atoms with van der Waals surface area (Å²) in [5.41, 5.74) is 3.83. The summed E-state index contributed by atoms with van der Waals surface area (Å²) in [6.07, 6.45) is 5.19. The molecule has 2 saturated heterocycles. The summed E-state index contributed by atoms with van der Waals surface area (Å²) in [5, 5.41) is 7.16. The van der Waals surface area contributed by atoms with Crippen LogP contribution in [0.2, 0.25) is 0 Å². The Kier molecular flexibility index (Phi) is 4.27.